The standard InChI is InChI=1S/C5H10O2.C3H3.BrH.Mg/c6-5-3-1-2-4-7-5;1-3-2;;/h5-6H,1-4H2;1H3;1H;/q;-1;;+2. The van der Waals surface area contributed by atoms with E-state index in [1.165, 1.54) is 0 Å². The zero-order valence-corrected chi connectivity index (χ0v) is 10.5. The minimum Gasteiger partial charge on any atom is -0.694 e. The molecule has 0 saturated carbocycles. The zero-order valence-electron chi connectivity index (χ0n) is 7.38. The molecule has 4 heteroatoms. The second kappa shape index (κ2) is 14.3. The fraction of sp³-hybridized carbons (Fsp3) is 0.750. The van der Waals surface area contributed by atoms with Crippen molar-refractivity contribution in [1.82, 2.24) is 0 Å². The molecule has 1 fully saturated rings. The van der Waals surface area contributed by atoms with Gasteiger partial charge >= 0.3 is 23.1 Å². The van der Waals surface area contributed by atoms with Crippen molar-refractivity contribution in [2.45, 2.75) is 32.5 Å². The number of ether oxygens (including phenoxy) is 1. The summed E-state index contributed by atoms with van der Waals surface area (Å²) in [5.41, 5.74) is 0. The molecule has 0 aromatic rings. The van der Waals surface area contributed by atoms with Gasteiger partial charge in [0.25, 0.3) is 0 Å². The number of aliphatic hydroxyl groups is 1. The van der Waals surface area contributed by atoms with Crippen molar-refractivity contribution in [1.29, 1.82) is 0 Å². The molecule has 1 unspecified atom stereocenters. The third kappa shape index (κ3) is 13.3. The molecular formula is C8H14BrMgO2+. The first-order valence-electron chi connectivity index (χ1n) is 3.44. The zero-order chi connectivity index (χ0) is 7.82. The van der Waals surface area contributed by atoms with Crippen LogP contribution >= 0.6 is 17.0 Å². The average Bonchev–Trinajstić information content (AvgIpc) is 1.91. The third-order valence-electron chi connectivity index (χ3n) is 1.16. The molecule has 1 N–H and O–H groups in total. The van der Waals surface area contributed by atoms with Gasteiger partial charge in [0.1, 0.15) is 0 Å². The Hall–Kier alpha value is 0.726. The van der Waals surface area contributed by atoms with Crippen molar-refractivity contribution >= 4 is 40.0 Å². The van der Waals surface area contributed by atoms with Gasteiger partial charge in [-0.2, -0.15) is 0 Å². The minimum atomic E-state index is -0.464. The van der Waals surface area contributed by atoms with E-state index in [0.717, 1.165) is 25.9 Å². The smallest absolute Gasteiger partial charge is 0.694 e. The predicted octanol–water partition coefficient (Wildman–Crippen LogP) is 1.30. The monoisotopic (exact) mass is 245 g/mol. The summed E-state index contributed by atoms with van der Waals surface area (Å²) in [7, 11) is 0. The molecule has 1 heterocycles. The van der Waals surface area contributed by atoms with Crippen LogP contribution in [0, 0.1) is 12.3 Å². The van der Waals surface area contributed by atoms with Gasteiger partial charge < -0.3 is 22.2 Å². The average molecular weight is 246 g/mol. The largest absolute Gasteiger partial charge is 2.00 e. The van der Waals surface area contributed by atoms with E-state index in [-0.39, 0.29) is 40.0 Å². The van der Waals surface area contributed by atoms with Gasteiger partial charge in [-0.3, -0.25) is 0 Å². The van der Waals surface area contributed by atoms with Crippen LogP contribution in [0.25, 0.3) is 0 Å². The molecular weight excluding hydrogens is 232 g/mol. The van der Waals surface area contributed by atoms with Gasteiger partial charge in [-0.25, -0.2) is 0 Å². The minimum absolute atomic E-state index is 0. The summed E-state index contributed by atoms with van der Waals surface area (Å²) in [6.07, 6.45) is 8.53. The number of aliphatic hydroxyl groups excluding tert-OH is 1. The number of hydrogen-bond donors (Lipinski definition) is 1. The molecule has 1 rings (SSSR count). The van der Waals surface area contributed by atoms with Gasteiger partial charge in [0.2, 0.25) is 0 Å². The SMILES string of the molecule is Br.OC1CCCCO1.[C-]#CC.[Mg+2]. The van der Waals surface area contributed by atoms with Gasteiger partial charge in [0, 0.05) is 6.61 Å². The molecule has 0 aromatic carbocycles. The van der Waals surface area contributed by atoms with Crippen molar-refractivity contribution in [2.24, 2.45) is 0 Å². The molecule has 66 valence electrons. The first kappa shape index (κ1) is 18.5. The Morgan fingerprint density at radius 1 is 1.50 bits per heavy atom. The summed E-state index contributed by atoms with van der Waals surface area (Å²) in [6, 6.07) is 0. The van der Waals surface area contributed by atoms with Gasteiger partial charge in [0.05, 0.1) is 0 Å². The Morgan fingerprint density at radius 3 is 2.17 bits per heavy atom. The van der Waals surface area contributed by atoms with E-state index in [1.54, 1.807) is 6.92 Å². The molecule has 1 saturated heterocycles. The Balaban J connectivity index is -0.000000146. The van der Waals surface area contributed by atoms with E-state index in [4.69, 9.17) is 16.3 Å². The number of rotatable bonds is 0. The Kier molecular flexibility index (Phi) is 22.0. The fourth-order valence-electron chi connectivity index (χ4n) is 0.724. The summed E-state index contributed by atoms with van der Waals surface area (Å²) in [6.45, 7) is 2.28. The van der Waals surface area contributed by atoms with Gasteiger partial charge in [-0.15, -0.1) is 17.0 Å². The second-order valence-corrected chi connectivity index (χ2v) is 2.07. The first-order chi connectivity index (χ1) is 4.81. The Bertz CT molecular complexity index is 108. The topological polar surface area (TPSA) is 29.5 Å². The van der Waals surface area contributed by atoms with Crippen LogP contribution in [0.15, 0.2) is 0 Å². The number of hydrogen-bond acceptors (Lipinski definition) is 2. The summed E-state index contributed by atoms with van der Waals surface area (Å²) >= 11 is 0. The predicted molar refractivity (Wildman–Crippen MR) is 54.7 cm³/mol. The summed E-state index contributed by atoms with van der Waals surface area (Å²) < 4.78 is 4.83. The van der Waals surface area contributed by atoms with Gasteiger partial charge in [0.15, 0.2) is 6.29 Å². The summed E-state index contributed by atoms with van der Waals surface area (Å²) in [5, 5.41) is 8.69. The van der Waals surface area contributed by atoms with Gasteiger partial charge in [-0.1, -0.05) is 0 Å². The van der Waals surface area contributed by atoms with E-state index >= 15 is 0 Å². The number of halogens is 1. The van der Waals surface area contributed by atoms with Crippen LogP contribution in [-0.4, -0.2) is 41.1 Å². The summed E-state index contributed by atoms with van der Waals surface area (Å²) in [4.78, 5) is 0. The molecule has 0 radical (unpaired) electrons. The molecule has 0 amide bonds. The molecule has 1 aliphatic rings. The quantitative estimate of drug-likeness (QED) is 0.397. The maximum absolute atomic E-state index is 8.69. The summed E-state index contributed by atoms with van der Waals surface area (Å²) in [5.74, 6) is 2.00. The van der Waals surface area contributed by atoms with Crippen LogP contribution in [-0.2, 0) is 4.74 Å². The van der Waals surface area contributed by atoms with Crippen LogP contribution in [0.2, 0.25) is 0 Å². The van der Waals surface area contributed by atoms with Crippen LogP contribution in [0.4, 0.5) is 0 Å². The van der Waals surface area contributed by atoms with E-state index in [2.05, 4.69) is 0 Å². The van der Waals surface area contributed by atoms with E-state index < -0.39 is 6.29 Å². The molecule has 1 atom stereocenters. The van der Waals surface area contributed by atoms with Crippen molar-refractivity contribution in [3.05, 3.63) is 6.42 Å². The normalized spacial score (nSPS) is 19.9. The van der Waals surface area contributed by atoms with Crippen LogP contribution in [0.1, 0.15) is 26.2 Å². The molecule has 2 nitrogen and oxygen atoms in total. The third-order valence-corrected chi connectivity index (χ3v) is 1.16. The van der Waals surface area contributed by atoms with Crippen molar-refractivity contribution in [2.75, 3.05) is 6.61 Å². The molecule has 0 aliphatic carbocycles. The van der Waals surface area contributed by atoms with E-state index in [9.17, 15) is 0 Å². The first-order valence-corrected chi connectivity index (χ1v) is 3.44. The van der Waals surface area contributed by atoms with Crippen LogP contribution in [0.3, 0.4) is 0 Å². The molecule has 1 aliphatic heterocycles. The maximum atomic E-state index is 8.69. The molecule has 12 heavy (non-hydrogen) atoms. The van der Waals surface area contributed by atoms with Gasteiger partial charge in [-0.05, 0) is 26.2 Å². The fourth-order valence-corrected chi connectivity index (χ4v) is 0.724. The Labute approximate surface area is 101 Å². The van der Waals surface area contributed by atoms with Crippen LogP contribution in [0.5, 0.6) is 0 Å². The Morgan fingerprint density at radius 2 is 2.00 bits per heavy atom. The van der Waals surface area contributed by atoms with Crippen molar-refractivity contribution < 1.29 is 9.84 Å². The molecule has 0 spiro atoms. The van der Waals surface area contributed by atoms with Crippen molar-refractivity contribution in [3.63, 3.8) is 0 Å². The second-order valence-electron chi connectivity index (χ2n) is 2.07. The van der Waals surface area contributed by atoms with E-state index in [0.29, 0.717) is 0 Å². The molecule has 0 aromatic heterocycles. The molecule has 0 bridgehead atoms. The van der Waals surface area contributed by atoms with Crippen LogP contribution < -0.4 is 0 Å². The van der Waals surface area contributed by atoms with E-state index in [1.807, 2.05) is 5.92 Å². The van der Waals surface area contributed by atoms with Crippen molar-refractivity contribution in [3.8, 4) is 5.92 Å². The maximum Gasteiger partial charge on any atom is 2.00 e.